The largest absolute Gasteiger partial charge is 0.253 e. The summed E-state index contributed by atoms with van der Waals surface area (Å²) in [6.07, 6.45) is 8.35. The maximum Gasteiger partial charge on any atom is 0.0684 e. The van der Waals surface area contributed by atoms with Crippen molar-refractivity contribution in [3.05, 3.63) is 144 Å². The normalized spacial score (nSPS) is 12.9. The lowest BCUT2D eigenvalue weighted by atomic mass is 10.0. The Labute approximate surface area is 208 Å². The van der Waals surface area contributed by atoms with Crippen molar-refractivity contribution in [2.45, 2.75) is 13.8 Å². The fraction of sp³-hybridized carbons (Fsp3) is 0.0909. The summed E-state index contributed by atoms with van der Waals surface area (Å²) < 4.78 is 5.72. The average molecular weight is 470 g/mol. The topological polar surface area (TPSA) is 12.4 Å². The van der Waals surface area contributed by atoms with E-state index in [0.717, 1.165) is 22.4 Å². The Balaban J connectivity index is 1.76. The molecule has 0 radical (unpaired) electrons. The molecule has 0 fully saturated rings. The number of allylic oxidation sites excluding steroid dienone is 4. The van der Waals surface area contributed by atoms with Crippen molar-refractivity contribution in [2.75, 3.05) is 0 Å². The van der Waals surface area contributed by atoms with Gasteiger partial charge in [-0.15, -0.1) is 0 Å². The predicted octanol–water partition coefficient (Wildman–Crippen LogP) is 7.21. The van der Waals surface area contributed by atoms with Gasteiger partial charge in [-0.3, -0.25) is 4.74 Å². The Kier molecular flexibility index (Phi) is 6.67. The highest BCUT2D eigenvalue weighted by molar-refractivity contribution is 7.87. The molecule has 1 nitrogen and oxygen atoms in total. The quantitative estimate of drug-likeness (QED) is 0.221. The monoisotopic (exact) mass is 469 g/mol. The van der Waals surface area contributed by atoms with E-state index in [4.69, 9.17) is 4.74 Å². The highest BCUT2D eigenvalue weighted by atomic mass is 31.2. The highest BCUT2D eigenvalue weighted by Crippen LogP contribution is 2.50. The van der Waals surface area contributed by atoms with Crippen LogP contribution < -0.4 is 15.9 Å². The molecule has 1 aliphatic rings. The molecular weight excluding hydrogens is 441 g/mol. The van der Waals surface area contributed by atoms with E-state index >= 15 is 0 Å². The minimum Gasteiger partial charge on any atom is -0.253 e. The van der Waals surface area contributed by atoms with E-state index < -0.39 is 7.05 Å². The first-order valence-corrected chi connectivity index (χ1v) is 13.7. The summed E-state index contributed by atoms with van der Waals surface area (Å²) in [6.45, 7) is 4.31. The van der Waals surface area contributed by atoms with E-state index in [1.54, 1.807) is 0 Å². The lowest BCUT2D eigenvalue weighted by molar-refractivity contribution is 1.15. The van der Waals surface area contributed by atoms with E-state index in [0.29, 0.717) is 0 Å². The number of hydrogen-bond donors (Lipinski definition) is 0. The Morgan fingerprint density at radius 2 is 1.06 bits per heavy atom. The minimum atomic E-state index is -2.31. The molecular formula is C33H28NP. The van der Waals surface area contributed by atoms with Crippen molar-refractivity contribution < 1.29 is 0 Å². The molecule has 35 heavy (non-hydrogen) atoms. The van der Waals surface area contributed by atoms with Crippen LogP contribution in [0.4, 0.5) is 5.69 Å². The van der Waals surface area contributed by atoms with Gasteiger partial charge in [0.25, 0.3) is 0 Å². The molecule has 5 rings (SSSR count). The summed E-state index contributed by atoms with van der Waals surface area (Å²) in [5, 5.41) is 3.75. The fourth-order valence-electron chi connectivity index (χ4n) is 4.58. The van der Waals surface area contributed by atoms with Gasteiger partial charge in [0.2, 0.25) is 0 Å². The van der Waals surface area contributed by atoms with Crippen LogP contribution in [0.5, 0.6) is 0 Å². The van der Waals surface area contributed by atoms with Gasteiger partial charge in [-0.2, -0.15) is 0 Å². The van der Waals surface area contributed by atoms with E-state index in [1.807, 2.05) is 0 Å². The van der Waals surface area contributed by atoms with Crippen LogP contribution in [0.15, 0.2) is 132 Å². The Morgan fingerprint density at radius 3 is 1.49 bits per heavy atom. The SMILES string of the molecule is Cc1cc(C#CC2C=CC=C2)cc(C)c1N=P(c1ccccc1)(c1ccccc1)c1ccccc1. The van der Waals surface area contributed by atoms with Crippen LogP contribution >= 0.6 is 7.05 Å². The van der Waals surface area contributed by atoms with Crippen molar-refractivity contribution in [3.63, 3.8) is 0 Å². The second-order valence-electron chi connectivity index (χ2n) is 8.77. The molecule has 0 spiro atoms. The van der Waals surface area contributed by atoms with Crippen LogP contribution in [-0.2, 0) is 0 Å². The molecule has 0 amide bonds. The van der Waals surface area contributed by atoms with Gasteiger partial charge in [-0.05, 0) is 37.1 Å². The van der Waals surface area contributed by atoms with Crippen LogP contribution in [0.2, 0.25) is 0 Å². The molecule has 0 bridgehead atoms. The third-order valence-electron chi connectivity index (χ3n) is 6.26. The highest BCUT2D eigenvalue weighted by Gasteiger charge is 2.28. The first-order chi connectivity index (χ1) is 17.2. The van der Waals surface area contributed by atoms with Gasteiger partial charge in [0.15, 0.2) is 0 Å². The second-order valence-corrected chi connectivity index (χ2v) is 11.8. The van der Waals surface area contributed by atoms with Crippen molar-refractivity contribution in [1.29, 1.82) is 0 Å². The number of rotatable bonds is 4. The zero-order valence-corrected chi connectivity index (χ0v) is 21.0. The summed E-state index contributed by atoms with van der Waals surface area (Å²) in [5.41, 5.74) is 4.40. The number of nitrogens with zero attached hydrogens (tertiary/aromatic N) is 1. The zero-order chi connectivity index (χ0) is 24.1. The van der Waals surface area contributed by atoms with E-state index in [9.17, 15) is 0 Å². The van der Waals surface area contributed by atoms with Crippen molar-refractivity contribution in [1.82, 2.24) is 0 Å². The Bertz CT molecular complexity index is 1360. The number of hydrogen-bond acceptors (Lipinski definition) is 1. The molecule has 0 unspecified atom stereocenters. The smallest absolute Gasteiger partial charge is 0.0684 e. The number of benzene rings is 4. The Morgan fingerprint density at radius 1 is 0.629 bits per heavy atom. The molecule has 0 heterocycles. The lowest BCUT2D eigenvalue weighted by Crippen LogP contribution is -2.25. The molecule has 0 saturated carbocycles. The van der Waals surface area contributed by atoms with Gasteiger partial charge < -0.3 is 0 Å². The molecule has 2 heteroatoms. The maximum atomic E-state index is 5.72. The van der Waals surface area contributed by atoms with Gasteiger partial charge in [0, 0.05) is 21.5 Å². The van der Waals surface area contributed by atoms with E-state index in [2.05, 4.69) is 153 Å². The molecule has 170 valence electrons. The zero-order valence-electron chi connectivity index (χ0n) is 20.1. The molecule has 0 aromatic heterocycles. The fourth-order valence-corrected chi connectivity index (χ4v) is 8.25. The predicted molar refractivity (Wildman–Crippen MR) is 152 cm³/mol. The first-order valence-electron chi connectivity index (χ1n) is 11.9. The Hall–Kier alpha value is -3.85. The average Bonchev–Trinajstić information content (AvgIpc) is 3.43. The number of aryl methyl sites for hydroxylation is 2. The first kappa shape index (κ1) is 22.9. The summed E-state index contributed by atoms with van der Waals surface area (Å²) in [6, 6.07) is 36.7. The van der Waals surface area contributed by atoms with Crippen molar-refractivity contribution in [2.24, 2.45) is 10.7 Å². The summed E-state index contributed by atoms with van der Waals surface area (Å²) >= 11 is 0. The summed E-state index contributed by atoms with van der Waals surface area (Å²) in [5.74, 6) is 6.92. The molecule has 1 aliphatic carbocycles. The van der Waals surface area contributed by atoms with Gasteiger partial charge in [-0.25, -0.2) is 0 Å². The third-order valence-corrected chi connectivity index (χ3v) is 9.90. The standard InChI is InChI=1S/C33H28NP/c1-26-24-29(23-22-28-14-12-13-15-28)25-27(2)33(26)34-35(30-16-6-3-7-17-30,31-18-8-4-9-19-31)32-20-10-5-11-21-32/h3-21,24-25,28H,1-2H3. The molecule has 0 saturated heterocycles. The lowest BCUT2D eigenvalue weighted by Gasteiger charge is -2.27. The van der Waals surface area contributed by atoms with Crippen LogP contribution in [0.1, 0.15) is 16.7 Å². The molecule has 4 aromatic rings. The molecule has 0 N–H and O–H groups in total. The van der Waals surface area contributed by atoms with Gasteiger partial charge in [-0.1, -0.05) is 127 Å². The molecule has 0 atom stereocenters. The maximum absolute atomic E-state index is 5.72. The van der Waals surface area contributed by atoms with Gasteiger partial charge in [0.05, 0.1) is 18.7 Å². The molecule has 4 aromatic carbocycles. The van der Waals surface area contributed by atoms with Crippen molar-refractivity contribution in [3.8, 4) is 11.8 Å². The van der Waals surface area contributed by atoms with Crippen molar-refractivity contribution >= 4 is 28.7 Å². The summed E-state index contributed by atoms with van der Waals surface area (Å²) in [4.78, 5) is 0. The van der Waals surface area contributed by atoms with Crippen LogP contribution in [-0.4, -0.2) is 0 Å². The molecule has 0 aliphatic heterocycles. The van der Waals surface area contributed by atoms with Crippen LogP contribution in [0, 0.1) is 31.6 Å². The minimum absolute atomic E-state index is 0.202. The van der Waals surface area contributed by atoms with E-state index in [1.165, 1.54) is 15.9 Å². The van der Waals surface area contributed by atoms with Crippen LogP contribution in [0.3, 0.4) is 0 Å². The third kappa shape index (κ3) is 4.72. The second kappa shape index (κ2) is 10.2. The van der Waals surface area contributed by atoms with Crippen LogP contribution in [0.25, 0.3) is 0 Å². The van der Waals surface area contributed by atoms with Gasteiger partial charge >= 0.3 is 0 Å². The summed E-state index contributed by atoms with van der Waals surface area (Å²) in [7, 11) is -2.31. The van der Waals surface area contributed by atoms with E-state index in [-0.39, 0.29) is 5.92 Å². The van der Waals surface area contributed by atoms with Gasteiger partial charge in [0.1, 0.15) is 0 Å².